The third-order valence-electron chi connectivity index (χ3n) is 4.20. The van der Waals surface area contributed by atoms with Crippen molar-refractivity contribution in [2.45, 2.75) is 33.5 Å². The Morgan fingerprint density at radius 2 is 2.11 bits per heavy atom. The number of hydrogen-bond acceptors (Lipinski definition) is 5. The summed E-state index contributed by atoms with van der Waals surface area (Å²) in [5.74, 6) is 0.452. The van der Waals surface area contributed by atoms with Gasteiger partial charge < -0.3 is 26.0 Å². The van der Waals surface area contributed by atoms with Gasteiger partial charge in [0.15, 0.2) is 12.2 Å². The second-order valence-electron chi connectivity index (χ2n) is 6.08. The number of nitrogens with zero attached hydrogens (tertiary/aromatic N) is 3. The van der Waals surface area contributed by atoms with Crippen molar-refractivity contribution >= 4 is 28.9 Å². The SMILES string of the molecule is CC.CCC1=C(c2ccc(Cl)cc2NCO)N(C)C(/N=C(/N)N(C)C)NC1. The van der Waals surface area contributed by atoms with Crippen molar-refractivity contribution in [3.8, 4) is 0 Å². The maximum Gasteiger partial charge on any atom is 0.193 e. The molecule has 0 radical (unpaired) electrons. The molecule has 0 spiro atoms. The fraction of sp³-hybridized carbons (Fsp3) is 0.526. The van der Waals surface area contributed by atoms with Gasteiger partial charge in [-0.3, -0.25) is 5.32 Å². The summed E-state index contributed by atoms with van der Waals surface area (Å²) in [6, 6.07) is 5.63. The predicted octanol–water partition coefficient (Wildman–Crippen LogP) is 2.54. The van der Waals surface area contributed by atoms with Crippen molar-refractivity contribution < 1.29 is 5.11 Å². The van der Waals surface area contributed by atoms with Gasteiger partial charge in [0.1, 0.15) is 6.73 Å². The van der Waals surface area contributed by atoms with Gasteiger partial charge in [0.2, 0.25) is 0 Å². The summed E-state index contributed by atoms with van der Waals surface area (Å²) in [6.07, 6.45) is 0.623. The molecule has 0 fully saturated rings. The van der Waals surface area contributed by atoms with Crippen molar-refractivity contribution in [3.63, 3.8) is 0 Å². The Morgan fingerprint density at radius 3 is 2.67 bits per heavy atom. The zero-order valence-corrected chi connectivity index (χ0v) is 17.9. The molecule has 8 heteroatoms. The molecule has 0 saturated heterocycles. The quantitative estimate of drug-likeness (QED) is 0.347. The van der Waals surface area contributed by atoms with E-state index in [0.29, 0.717) is 17.5 Å². The second-order valence-corrected chi connectivity index (χ2v) is 6.51. The molecule has 0 aromatic heterocycles. The summed E-state index contributed by atoms with van der Waals surface area (Å²) in [4.78, 5) is 8.39. The average molecular weight is 397 g/mol. The monoisotopic (exact) mass is 396 g/mol. The van der Waals surface area contributed by atoms with Crippen molar-refractivity contribution in [1.29, 1.82) is 0 Å². The molecule has 1 heterocycles. The van der Waals surface area contributed by atoms with Gasteiger partial charge >= 0.3 is 0 Å². The van der Waals surface area contributed by atoms with Crippen molar-refractivity contribution in [1.82, 2.24) is 15.1 Å². The smallest absolute Gasteiger partial charge is 0.193 e. The predicted molar refractivity (Wildman–Crippen MR) is 116 cm³/mol. The van der Waals surface area contributed by atoms with Gasteiger partial charge in [0, 0.05) is 49.7 Å². The highest BCUT2D eigenvalue weighted by atomic mass is 35.5. The van der Waals surface area contributed by atoms with E-state index in [1.165, 1.54) is 5.57 Å². The maximum absolute atomic E-state index is 9.31. The van der Waals surface area contributed by atoms with Crippen LogP contribution in [0.5, 0.6) is 0 Å². The molecule has 2 rings (SSSR count). The number of nitrogens with one attached hydrogen (secondary N) is 2. The first-order valence-electron chi connectivity index (χ1n) is 9.22. The number of aliphatic hydroxyl groups excluding tert-OH is 1. The number of benzene rings is 1. The lowest BCUT2D eigenvalue weighted by atomic mass is 9.99. The Hall–Kier alpha value is -1.96. The summed E-state index contributed by atoms with van der Waals surface area (Å²) < 4.78 is 0. The molecule has 0 aliphatic carbocycles. The van der Waals surface area contributed by atoms with E-state index in [9.17, 15) is 5.11 Å². The molecule has 1 unspecified atom stereocenters. The van der Waals surface area contributed by atoms with Crippen LogP contribution < -0.4 is 16.4 Å². The van der Waals surface area contributed by atoms with E-state index in [0.717, 1.165) is 23.4 Å². The van der Waals surface area contributed by atoms with Crippen LogP contribution in [-0.4, -0.2) is 61.6 Å². The zero-order valence-electron chi connectivity index (χ0n) is 17.2. The molecule has 7 nitrogen and oxygen atoms in total. The van der Waals surface area contributed by atoms with E-state index in [1.807, 2.05) is 53.2 Å². The molecular formula is C19H33ClN6O. The first kappa shape index (κ1) is 23.1. The van der Waals surface area contributed by atoms with Crippen LogP contribution in [0, 0.1) is 0 Å². The summed E-state index contributed by atoms with van der Waals surface area (Å²) in [7, 11) is 5.70. The molecular weight excluding hydrogens is 364 g/mol. The number of aliphatic imine (C=N–C) groups is 1. The summed E-state index contributed by atoms with van der Waals surface area (Å²) in [5.41, 5.74) is 10.1. The second kappa shape index (κ2) is 11.0. The van der Waals surface area contributed by atoms with Gasteiger partial charge in [0.05, 0.1) is 0 Å². The fourth-order valence-corrected chi connectivity index (χ4v) is 2.98. The number of anilines is 1. The van der Waals surface area contributed by atoms with E-state index in [4.69, 9.17) is 17.3 Å². The summed E-state index contributed by atoms with van der Waals surface area (Å²) in [6.45, 7) is 6.67. The minimum absolute atomic E-state index is 0.167. The number of rotatable bonds is 5. The van der Waals surface area contributed by atoms with Gasteiger partial charge in [-0.1, -0.05) is 32.4 Å². The van der Waals surface area contributed by atoms with Gasteiger partial charge in [-0.2, -0.15) is 0 Å². The first-order chi connectivity index (χ1) is 12.9. The number of aliphatic hydroxyl groups is 1. The largest absolute Gasteiger partial charge is 0.377 e. The van der Waals surface area contributed by atoms with Gasteiger partial charge in [0.25, 0.3) is 0 Å². The van der Waals surface area contributed by atoms with Crippen LogP contribution in [0.25, 0.3) is 5.70 Å². The lowest BCUT2D eigenvalue weighted by Gasteiger charge is -2.37. The lowest BCUT2D eigenvalue weighted by molar-refractivity contribution is 0.285. The highest BCUT2D eigenvalue weighted by Crippen LogP contribution is 2.34. The Kier molecular flexibility index (Phi) is 9.41. The molecule has 1 aromatic carbocycles. The van der Waals surface area contributed by atoms with E-state index in [1.54, 1.807) is 4.90 Å². The van der Waals surface area contributed by atoms with Crippen LogP contribution >= 0.6 is 11.6 Å². The number of halogens is 1. The Morgan fingerprint density at radius 1 is 1.44 bits per heavy atom. The minimum atomic E-state index is -0.273. The fourth-order valence-electron chi connectivity index (χ4n) is 2.81. The summed E-state index contributed by atoms with van der Waals surface area (Å²) >= 11 is 6.12. The first-order valence-corrected chi connectivity index (χ1v) is 9.60. The molecule has 1 atom stereocenters. The van der Waals surface area contributed by atoms with Crippen molar-refractivity contribution in [2.24, 2.45) is 10.7 Å². The van der Waals surface area contributed by atoms with Crippen LogP contribution in [0.2, 0.25) is 5.02 Å². The lowest BCUT2D eigenvalue weighted by Crippen LogP contribution is -2.48. The molecule has 1 aromatic rings. The minimum Gasteiger partial charge on any atom is -0.377 e. The number of guanidine groups is 1. The molecule has 0 saturated carbocycles. The van der Waals surface area contributed by atoms with Gasteiger partial charge in [-0.15, -0.1) is 0 Å². The van der Waals surface area contributed by atoms with E-state index < -0.39 is 0 Å². The van der Waals surface area contributed by atoms with Crippen LogP contribution in [0.4, 0.5) is 5.69 Å². The van der Waals surface area contributed by atoms with Crippen molar-refractivity contribution in [2.75, 3.05) is 39.7 Å². The third-order valence-corrected chi connectivity index (χ3v) is 4.43. The van der Waals surface area contributed by atoms with E-state index >= 15 is 0 Å². The highest BCUT2D eigenvalue weighted by Gasteiger charge is 2.27. The van der Waals surface area contributed by atoms with E-state index in [2.05, 4.69) is 27.4 Å². The molecule has 1 aliphatic heterocycles. The molecule has 1 aliphatic rings. The Balaban J connectivity index is 0.00000176. The van der Waals surface area contributed by atoms with Gasteiger partial charge in [-0.05, 0) is 30.2 Å². The van der Waals surface area contributed by atoms with Crippen LogP contribution in [0.3, 0.4) is 0 Å². The average Bonchev–Trinajstić information content (AvgIpc) is 2.65. The number of nitrogens with two attached hydrogens (primary N) is 1. The molecule has 0 amide bonds. The molecule has 0 bridgehead atoms. The Bertz CT molecular complexity index is 674. The normalized spacial score (nSPS) is 17.4. The molecule has 152 valence electrons. The Labute approximate surface area is 167 Å². The van der Waals surface area contributed by atoms with Crippen LogP contribution in [-0.2, 0) is 0 Å². The third kappa shape index (κ3) is 5.76. The standard InChI is InChI=1S/C17H27ClN6O.C2H6/c1-5-11-9-20-17(22-16(19)23(2)3)24(4)15(11)13-7-6-12(18)8-14(13)21-10-25;1-2/h6-8,17,20-21,25H,5,9-10H2,1-4H3,(H2,19,22);1-2H3. The highest BCUT2D eigenvalue weighted by molar-refractivity contribution is 6.31. The van der Waals surface area contributed by atoms with Crippen LogP contribution in [0.1, 0.15) is 32.8 Å². The maximum atomic E-state index is 9.31. The van der Waals surface area contributed by atoms with Gasteiger partial charge in [-0.25, -0.2) is 4.99 Å². The van der Waals surface area contributed by atoms with Crippen LogP contribution in [0.15, 0.2) is 28.8 Å². The summed E-state index contributed by atoms with van der Waals surface area (Å²) in [5, 5.41) is 16.3. The molecule has 5 N–H and O–H groups in total. The molecule has 27 heavy (non-hydrogen) atoms. The number of hydrogen-bond donors (Lipinski definition) is 4. The van der Waals surface area contributed by atoms with E-state index in [-0.39, 0.29) is 13.0 Å². The van der Waals surface area contributed by atoms with Crippen molar-refractivity contribution in [3.05, 3.63) is 34.4 Å². The zero-order chi connectivity index (χ0) is 20.6. The topological polar surface area (TPSA) is 89.1 Å².